The molecule has 1 aliphatic heterocycles. The molecule has 1 atom stereocenters. The molecule has 3 aromatic carbocycles. The second kappa shape index (κ2) is 7.77. The molecule has 1 aliphatic rings. The van der Waals surface area contributed by atoms with Gasteiger partial charge >= 0.3 is 0 Å². The largest absolute Gasteiger partial charge is 0.310 e. The van der Waals surface area contributed by atoms with Crippen LogP contribution >= 0.6 is 0 Å². The maximum atomic E-state index is 12.7. The third kappa shape index (κ3) is 3.43. The molecule has 32 heavy (non-hydrogen) atoms. The van der Waals surface area contributed by atoms with E-state index in [0.717, 1.165) is 27.9 Å². The molecule has 7 heteroatoms. The summed E-state index contributed by atoms with van der Waals surface area (Å²) in [7, 11) is 0. The van der Waals surface area contributed by atoms with Crippen molar-refractivity contribution in [3.63, 3.8) is 0 Å². The fourth-order valence-corrected chi connectivity index (χ4v) is 4.15. The summed E-state index contributed by atoms with van der Waals surface area (Å²) in [5, 5.41) is 18.9. The van der Waals surface area contributed by atoms with Crippen LogP contribution in [0.2, 0.25) is 0 Å². The van der Waals surface area contributed by atoms with Crippen molar-refractivity contribution >= 4 is 17.4 Å². The Hall–Kier alpha value is -4.26. The molecule has 5 rings (SSSR count). The molecule has 0 saturated heterocycles. The van der Waals surface area contributed by atoms with Crippen LogP contribution in [0.3, 0.4) is 0 Å². The van der Waals surface area contributed by atoms with Gasteiger partial charge in [0.25, 0.3) is 5.69 Å². The number of hydrogen-bond donors (Lipinski definition) is 1. The van der Waals surface area contributed by atoms with E-state index >= 15 is 0 Å². The van der Waals surface area contributed by atoms with Crippen LogP contribution in [-0.2, 0) is 4.79 Å². The van der Waals surface area contributed by atoms with Crippen LogP contribution < -0.4 is 5.32 Å². The maximum absolute atomic E-state index is 12.7. The Morgan fingerprint density at radius 3 is 2.34 bits per heavy atom. The maximum Gasteiger partial charge on any atom is 0.269 e. The highest BCUT2D eigenvalue weighted by atomic mass is 16.6. The number of nitrogens with one attached hydrogen (secondary N) is 1. The number of hydrogen-bond acceptors (Lipinski definition) is 4. The lowest BCUT2D eigenvalue weighted by molar-refractivity contribution is -0.384. The smallest absolute Gasteiger partial charge is 0.269 e. The van der Waals surface area contributed by atoms with Gasteiger partial charge in [-0.2, -0.15) is 5.10 Å². The van der Waals surface area contributed by atoms with Crippen molar-refractivity contribution in [1.82, 2.24) is 9.78 Å². The van der Waals surface area contributed by atoms with Crippen molar-refractivity contribution in [2.45, 2.75) is 19.3 Å². The van der Waals surface area contributed by atoms with Crippen LogP contribution in [0, 0.1) is 17.0 Å². The molecule has 4 aromatic rings. The monoisotopic (exact) mass is 424 g/mol. The normalized spacial score (nSPS) is 15.2. The molecular formula is C25H20N4O3. The van der Waals surface area contributed by atoms with Crippen molar-refractivity contribution in [3.8, 4) is 16.9 Å². The highest BCUT2D eigenvalue weighted by Crippen LogP contribution is 2.44. The molecule has 1 N–H and O–H groups in total. The van der Waals surface area contributed by atoms with E-state index in [1.807, 2.05) is 49.4 Å². The number of nitro benzene ring substituents is 1. The Morgan fingerprint density at radius 1 is 1.00 bits per heavy atom. The number of nitrogens with zero attached hydrogens (tertiary/aromatic N) is 3. The average molecular weight is 424 g/mol. The number of aromatic nitrogens is 2. The molecule has 0 bridgehead atoms. The van der Waals surface area contributed by atoms with Gasteiger partial charge < -0.3 is 5.32 Å². The van der Waals surface area contributed by atoms with E-state index in [1.54, 1.807) is 16.8 Å². The van der Waals surface area contributed by atoms with Gasteiger partial charge in [-0.15, -0.1) is 0 Å². The van der Waals surface area contributed by atoms with Gasteiger partial charge in [0.15, 0.2) is 0 Å². The summed E-state index contributed by atoms with van der Waals surface area (Å²) in [6.07, 6.45) is 0.321. The van der Waals surface area contributed by atoms with Crippen molar-refractivity contribution in [1.29, 1.82) is 0 Å². The Morgan fingerprint density at radius 2 is 1.69 bits per heavy atom. The average Bonchev–Trinajstić information content (AvgIpc) is 3.19. The summed E-state index contributed by atoms with van der Waals surface area (Å²) in [4.78, 5) is 23.3. The van der Waals surface area contributed by atoms with E-state index in [4.69, 9.17) is 5.10 Å². The molecule has 1 unspecified atom stereocenters. The Bertz CT molecular complexity index is 1310. The lowest BCUT2D eigenvalue weighted by Gasteiger charge is -2.25. The van der Waals surface area contributed by atoms with Gasteiger partial charge in [-0.3, -0.25) is 14.9 Å². The predicted molar refractivity (Wildman–Crippen MR) is 122 cm³/mol. The molecule has 0 aliphatic carbocycles. The number of nitro groups is 1. The van der Waals surface area contributed by atoms with Gasteiger partial charge in [-0.05, 0) is 24.6 Å². The highest BCUT2D eigenvalue weighted by Gasteiger charge is 2.34. The second-order valence-electron chi connectivity index (χ2n) is 7.88. The Labute approximate surface area is 184 Å². The molecule has 1 amide bonds. The van der Waals surface area contributed by atoms with Gasteiger partial charge in [-0.1, -0.05) is 60.2 Å². The van der Waals surface area contributed by atoms with Gasteiger partial charge in [0.05, 0.1) is 16.3 Å². The van der Waals surface area contributed by atoms with Crippen LogP contribution in [-0.4, -0.2) is 20.6 Å². The van der Waals surface area contributed by atoms with Crippen molar-refractivity contribution in [2.75, 3.05) is 5.32 Å². The minimum Gasteiger partial charge on any atom is -0.310 e. The zero-order valence-electron chi connectivity index (χ0n) is 17.4. The summed E-state index contributed by atoms with van der Waals surface area (Å²) >= 11 is 0. The minimum atomic E-state index is -0.438. The molecule has 0 radical (unpaired) electrons. The molecule has 7 nitrogen and oxygen atoms in total. The summed E-state index contributed by atoms with van der Waals surface area (Å²) in [6.45, 7) is 2.03. The first kappa shape index (κ1) is 19.7. The molecule has 158 valence electrons. The lowest BCUT2D eigenvalue weighted by Crippen LogP contribution is -2.24. The summed E-state index contributed by atoms with van der Waals surface area (Å²) in [5.74, 6) is 0.353. The summed E-state index contributed by atoms with van der Waals surface area (Å²) < 4.78 is 1.67. The fraction of sp³-hybridized carbons (Fsp3) is 0.120. The molecule has 0 saturated carbocycles. The summed E-state index contributed by atoms with van der Waals surface area (Å²) in [5.41, 5.74) is 5.50. The quantitative estimate of drug-likeness (QED) is 0.359. The van der Waals surface area contributed by atoms with E-state index < -0.39 is 4.92 Å². The number of fused-ring (bicyclic) bond motifs is 1. The molecular weight excluding hydrogens is 404 g/mol. The molecule has 0 fully saturated rings. The van der Waals surface area contributed by atoms with Crippen LogP contribution in [0.1, 0.15) is 29.0 Å². The van der Waals surface area contributed by atoms with Crippen LogP contribution in [0.5, 0.6) is 0 Å². The van der Waals surface area contributed by atoms with Crippen molar-refractivity contribution in [3.05, 3.63) is 106 Å². The Balaban J connectivity index is 1.73. The lowest BCUT2D eigenvalue weighted by atomic mass is 9.84. The van der Waals surface area contributed by atoms with E-state index in [0.29, 0.717) is 17.9 Å². The van der Waals surface area contributed by atoms with Gasteiger partial charge in [0.2, 0.25) is 5.91 Å². The first-order valence-corrected chi connectivity index (χ1v) is 10.3. The minimum absolute atomic E-state index is 0.000348. The topological polar surface area (TPSA) is 90.1 Å². The molecule has 1 aromatic heterocycles. The third-order valence-corrected chi connectivity index (χ3v) is 5.75. The zero-order valence-corrected chi connectivity index (χ0v) is 17.4. The van der Waals surface area contributed by atoms with Crippen molar-refractivity contribution < 1.29 is 9.72 Å². The Kier molecular flexibility index (Phi) is 4.78. The van der Waals surface area contributed by atoms with E-state index in [9.17, 15) is 14.9 Å². The van der Waals surface area contributed by atoms with Crippen LogP contribution in [0.15, 0.2) is 78.9 Å². The van der Waals surface area contributed by atoms with E-state index in [1.165, 1.54) is 12.1 Å². The number of carbonyl (C=O) groups excluding carboxylic acids is 1. The van der Waals surface area contributed by atoms with Gasteiger partial charge in [-0.25, -0.2) is 4.68 Å². The number of rotatable bonds is 4. The number of anilines is 1. The predicted octanol–water partition coefficient (Wildman–Crippen LogP) is 5.23. The zero-order chi connectivity index (χ0) is 22.2. The first-order valence-electron chi connectivity index (χ1n) is 10.3. The van der Waals surface area contributed by atoms with Gasteiger partial charge in [0.1, 0.15) is 5.82 Å². The number of benzene rings is 3. The van der Waals surface area contributed by atoms with Crippen LogP contribution in [0.25, 0.3) is 16.9 Å². The standard InChI is InChI=1S/C25H20N4O3/c1-16-7-9-17(10-8-16)21-15-22(30)26-25-23(21)24(18-5-3-2-4-6-18)27-28(25)19-11-13-20(14-12-19)29(31)32/h2-14,21H,15H2,1H3,(H,26,30). The fourth-order valence-electron chi connectivity index (χ4n) is 4.15. The summed E-state index contributed by atoms with van der Waals surface area (Å²) in [6, 6.07) is 24.2. The first-order chi connectivity index (χ1) is 15.5. The van der Waals surface area contributed by atoms with E-state index in [2.05, 4.69) is 17.4 Å². The number of aryl methyl sites for hydroxylation is 1. The van der Waals surface area contributed by atoms with Gasteiger partial charge in [0, 0.05) is 35.6 Å². The molecule has 2 heterocycles. The number of non-ortho nitro benzene ring substituents is 1. The number of carbonyl (C=O) groups is 1. The van der Waals surface area contributed by atoms with Crippen LogP contribution in [0.4, 0.5) is 11.5 Å². The number of amides is 1. The SMILES string of the molecule is Cc1ccc(C2CC(=O)Nc3c2c(-c2ccccc2)nn3-c2ccc([N+](=O)[O-])cc2)cc1. The van der Waals surface area contributed by atoms with E-state index in [-0.39, 0.29) is 17.5 Å². The third-order valence-electron chi connectivity index (χ3n) is 5.75. The molecule has 0 spiro atoms. The van der Waals surface area contributed by atoms with Crippen molar-refractivity contribution in [2.24, 2.45) is 0 Å². The second-order valence-corrected chi connectivity index (χ2v) is 7.88. The highest BCUT2D eigenvalue weighted by molar-refractivity contribution is 5.96.